The van der Waals surface area contributed by atoms with Gasteiger partial charge in [-0.15, -0.1) is 0 Å². The van der Waals surface area contributed by atoms with Crippen LogP contribution in [-0.4, -0.2) is 41.5 Å². The van der Waals surface area contributed by atoms with Gasteiger partial charge in [0.2, 0.25) is 0 Å². The van der Waals surface area contributed by atoms with Gasteiger partial charge in [0.15, 0.2) is 0 Å². The molecule has 2 atom stereocenters. The van der Waals surface area contributed by atoms with Gasteiger partial charge >= 0.3 is 12.1 Å². The number of alkyl carbamates (subject to hydrolysis) is 1. The van der Waals surface area contributed by atoms with Crippen molar-refractivity contribution >= 4 is 12.1 Å². The van der Waals surface area contributed by atoms with Crippen LogP contribution in [0.1, 0.15) is 32.8 Å². The fourth-order valence-electron chi connectivity index (χ4n) is 2.58. The summed E-state index contributed by atoms with van der Waals surface area (Å²) in [7, 11) is 0. The van der Waals surface area contributed by atoms with Crippen molar-refractivity contribution < 1.29 is 28.9 Å². The van der Waals surface area contributed by atoms with Crippen LogP contribution in [0.4, 0.5) is 4.79 Å². The van der Waals surface area contributed by atoms with Gasteiger partial charge in [0, 0.05) is 0 Å². The minimum absolute atomic E-state index is 0.0719. The Morgan fingerprint density at radius 1 is 1.00 bits per heavy atom. The zero-order valence-corrected chi connectivity index (χ0v) is 17.5. The molecule has 2 rings (SSSR count). The molecule has 2 aromatic rings. The van der Waals surface area contributed by atoms with Gasteiger partial charge in [-0.1, -0.05) is 48.5 Å². The molecule has 0 aromatic heterocycles. The predicted octanol–water partition coefficient (Wildman–Crippen LogP) is 3.45. The van der Waals surface area contributed by atoms with E-state index < -0.39 is 29.8 Å². The summed E-state index contributed by atoms with van der Waals surface area (Å²) in [6, 6.07) is 17.2. The number of rotatable bonds is 9. The van der Waals surface area contributed by atoms with Gasteiger partial charge in [0.05, 0.1) is 12.5 Å². The number of carbonyl (C=O) groups is 2. The second-order valence-electron chi connectivity index (χ2n) is 7.79. The molecule has 0 spiro atoms. The van der Waals surface area contributed by atoms with E-state index in [0.29, 0.717) is 5.75 Å². The molecule has 7 heteroatoms. The fourth-order valence-corrected chi connectivity index (χ4v) is 2.58. The molecule has 0 aliphatic heterocycles. The number of esters is 1. The lowest BCUT2D eigenvalue weighted by Gasteiger charge is -2.26. The number of hydrogen-bond donors (Lipinski definition) is 2. The Morgan fingerprint density at radius 2 is 1.60 bits per heavy atom. The van der Waals surface area contributed by atoms with Crippen molar-refractivity contribution in [2.24, 2.45) is 0 Å². The SMILES string of the molecule is CC(C)(C)OC(=O)C[C@H](NC(=O)OCc1ccccc1)C(O)COc1ccccc1. The highest BCUT2D eigenvalue weighted by Crippen LogP contribution is 2.13. The van der Waals surface area contributed by atoms with Crippen LogP contribution in [0.5, 0.6) is 5.75 Å². The molecule has 7 nitrogen and oxygen atoms in total. The first-order valence-electron chi connectivity index (χ1n) is 9.78. The molecule has 1 unspecified atom stereocenters. The number of benzene rings is 2. The summed E-state index contributed by atoms with van der Waals surface area (Å²) >= 11 is 0. The monoisotopic (exact) mass is 415 g/mol. The average Bonchev–Trinajstić information content (AvgIpc) is 2.70. The zero-order valence-electron chi connectivity index (χ0n) is 17.5. The topological polar surface area (TPSA) is 94.1 Å². The lowest BCUT2D eigenvalue weighted by Crippen LogP contribution is -2.47. The van der Waals surface area contributed by atoms with Gasteiger partial charge < -0.3 is 24.6 Å². The van der Waals surface area contributed by atoms with Crippen LogP contribution in [-0.2, 0) is 20.9 Å². The number of para-hydroxylation sites is 1. The van der Waals surface area contributed by atoms with Crippen LogP contribution >= 0.6 is 0 Å². The van der Waals surface area contributed by atoms with E-state index in [1.165, 1.54) is 0 Å². The minimum Gasteiger partial charge on any atom is -0.491 e. The lowest BCUT2D eigenvalue weighted by molar-refractivity contribution is -0.156. The van der Waals surface area contributed by atoms with E-state index in [1.807, 2.05) is 36.4 Å². The number of ether oxygens (including phenoxy) is 3. The second-order valence-corrected chi connectivity index (χ2v) is 7.79. The standard InChI is InChI=1S/C23H29NO6/c1-23(2,3)30-21(26)14-19(20(25)16-28-18-12-8-5-9-13-18)24-22(27)29-15-17-10-6-4-7-11-17/h4-13,19-20,25H,14-16H2,1-3H3,(H,24,27)/t19-,20?/m0/s1. The Kier molecular flexibility index (Phi) is 8.68. The van der Waals surface area contributed by atoms with Crippen molar-refractivity contribution in [2.45, 2.75) is 51.5 Å². The quantitative estimate of drug-likeness (QED) is 0.609. The van der Waals surface area contributed by atoms with Crippen LogP contribution in [0.2, 0.25) is 0 Å². The Balaban J connectivity index is 1.96. The lowest BCUT2D eigenvalue weighted by atomic mass is 10.1. The maximum Gasteiger partial charge on any atom is 0.407 e. The van der Waals surface area contributed by atoms with Gasteiger partial charge in [-0.05, 0) is 38.5 Å². The van der Waals surface area contributed by atoms with Gasteiger partial charge in [0.25, 0.3) is 0 Å². The second kappa shape index (κ2) is 11.2. The van der Waals surface area contributed by atoms with E-state index in [0.717, 1.165) is 5.56 Å². The van der Waals surface area contributed by atoms with Gasteiger partial charge in [-0.25, -0.2) is 4.79 Å². The number of amides is 1. The van der Waals surface area contributed by atoms with Crippen molar-refractivity contribution in [1.82, 2.24) is 5.32 Å². The van der Waals surface area contributed by atoms with Crippen LogP contribution in [0, 0.1) is 0 Å². The Labute approximate surface area is 177 Å². The maximum atomic E-state index is 12.2. The summed E-state index contributed by atoms with van der Waals surface area (Å²) in [5, 5.41) is 13.1. The molecule has 30 heavy (non-hydrogen) atoms. The fraction of sp³-hybridized carbons (Fsp3) is 0.391. The summed E-state index contributed by atoms with van der Waals surface area (Å²) in [5.74, 6) is 0.0221. The molecule has 0 bridgehead atoms. The first kappa shape index (κ1) is 23.2. The molecule has 0 saturated carbocycles. The molecule has 0 fully saturated rings. The van der Waals surface area contributed by atoms with Crippen molar-refractivity contribution in [3.05, 3.63) is 66.2 Å². The first-order chi connectivity index (χ1) is 14.2. The molecule has 2 N–H and O–H groups in total. The number of hydrogen-bond acceptors (Lipinski definition) is 6. The Morgan fingerprint density at radius 3 is 2.20 bits per heavy atom. The third-order valence-electron chi connectivity index (χ3n) is 3.95. The summed E-state index contributed by atoms with van der Waals surface area (Å²) in [6.45, 7) is 5.20. The highest BCUT2D eigenvalue weighted by atomic mass is 16.6. The molecule has 162 valence electrons. The van der Waals surface area contributed by atoms with Gasteiger partial charge in [-0.3, -0.25) is 4.79 Å². The van der Waals surface area contributed by atoms with Crippen LogP contribution in [0.25, 0.3) is 0 Å². The van der Waals surface area contributed by atoms with Crippen LogP contribution in [0.15, 0.2) is 60.7 Å². The molecule has 0 saturated heterocycles. The van der Waals surface area contributed by atoms with Crippen molar-refractivity contribution in [2.75, 3.05) is 6.61 Å². The predicted molar refractivity (Wildman–Crippen MR) is 112 cm³/mol. The van der Waals surface area contributed by atoms with E-state index in [9.17, 15) is 14.7 Å². The minimum atomic E-state index is -1.15. The van der Waals surface area contributed by atoms with E-state index in [1.54, 1.807) is 45.0 Å². The summed E-state index contributed by atoms with van der Waals surface area (Å²) in [6.07, 6.45) is -2.12. The van der Waals surface area contributed by atoms with Crippen molar-refractivity contribution in [3.8, 4) is 5.75 Å². The Bertz CT molecular complexity index is 788. The van der Waals surface area contributed by atoms with Crippen LogP contribution in [0.3, 0.4) is 0 Å². The largest absolute Gasteiger partial charge is 0.491 e. The molecule has 0 aliphatic rings. The Hall–Kier alpha value is -3.06. The number of aliphatic hydroxyl groups excluding tert-OH is 1. The van der Waals surface area contributed by atoms with Gasteiger partial charge in [0.1, 0.15) is 30.7 Å². The molecular weight excluding hydrogens is 386 g/mol. The normalized spacial score (nSPS) is 13.1. The average molecular weight is 415 g/mol. The molecular formula is C23H29NO6. The number of aliphatic hydroxyl groups is 1. The summed E-state index contributed by atoms with van der Waals surface area (Å²) < 4.78 is 16.1. The third kappa shape index (κ3) is 8.96. The highest BCUT2D eigenvalue weighted by molar-refractivity contribution is 5.73. The number of carbonyl (C=O) groups excluding carboxylic acids is 2. The molecule has 0 heterocycles. The first-order valence-corrected chi connectivity index (χ1v) is 9.78. The molecule has 1 amide bonds. The van der Waals surface area contributed by atoms with Crippen molar-refractivity contribution in [3.63, 3.8) is 0 Å². The van der Waals surface area contributed by atoms with E-state index >= 15 is 0 Å². The van der Waals surface area contributed by atoms with E-state index in [4.69, 9.17) is 14.2 Å². The summed E-state index contributed by atoms with van der Waals surface area (Å²) in [4.78, 5) is 24.5. The summed E-state index contributed by atoms with van der Waals surface area (Å²) in [5.41, 5.74) is 0.144. The van der Waals surface area contributed by atoms with E-state index in [2.05, 4.69) is 5.32 Å². The zero-order chi connectivity index (χ0) is 22.0. The van der Waals surface area contributed by atoms with Crippen molar-refractivity contribution in [1.29, 1.82) is 0 Å². The molecule has 0 radical (unpaired) electrons. The smallest absolute Gasteiger partial charge is 0.407 e. The van der Waals surface area contributed by atoms with E-state index in [-0.39, 0.29) is 19.6 Å². The van der Waals surface area contributed by atoms with Crippen LogP contribution < -0.4 is 10.1 Å². The third-order valence-corrected chi connectivity index (χ3v) is 3.95. The van der Waals surface area contributed by atoms with Gasteiger partial charge in [-0.2, -0.15) is 0 Å². The molecule has 0 aliphatic carbocycles. The highest BCUT2D eigenvalue weighted by Gasteiger charge is 2.28. The number of nitrogens with one attached hydrogen (secondary N) is 1. The molecule has 2 aromatic carbocycles. The maximum absolute atomic E-state index is 12.2.